The first-order chi connectivity index (χ1) is 12.1. The highest BCUT2D eigenvalue weighted by Crippen LogP contribution is 2.26. The molecule has 5 heteroatoms. The van der Waals surface area contributed by atoms with Crippen LogP contribution in [-0.2, 0) is 0 Å². The van der Waals surface area contributed by atoms with Gasteiger partial charge in [-0.15, -0.1) is 0 Å². The summed E-state index contributed by atoms with van der Waals surface area (Å²) in [6, 6.07) is 13.2. The zero-order chi connectivity index (χ0) is 17.8. The van der Waals surface area contributed by atoms with E-state index in [0.717, 1.165) is 27.6 Å². The first kappa shape index (κ1) is 16.8. The van der Waals surface area contributed by atoms with Gasteiger partial charge in [-0.2, -0.15) is 5.10 Å². The van der Waals surface area contributed by atoms with E-state index in [-0.39, 0.29) is 5.75 Å². The molecular formula is C20H21N3O2. The van der Waals surface area contributed by atoms with Crippen LogP contribution in [0.5, 0.6) is 11.5 Å². The first-order valence-corrected chi connectivity index (χ1v) is 8.20. The maximum absolute atomic E-state index is 9.73. The van der Waals surface area contributed by atoms with Crippen LogP contribution >= 0.6 is 0 Å². The van der Waals surface area contributed by atoms with Crippen molar-refractivity contribution < 1.29 is 9.84 Å². The van der Waals surface area contributed by atoms with Gasteiger partial charge in [-0.05, 0) is 61.7 Å². The highest BCUT2D eigenvalue weighted by Gasteiger charge is 2.05. The molecule has 1 heterocycles. The molecule has 0 unspecified atom stereocenters. The number of phenols is 1. The van der Waals surface area contributed by atoms with Crippen LogP contribution in [0.2, 0.25) is 0 Å². The lowest BCUT2D eigenvalue weighted by molar-refractivity contribution is 0.318. The Morgan fingerprint density at radius 2 is 2.00 bits per heavy atom. The smallest absolute Gasteiger partial charge is 0.161 e. The fourth-order valence-corrected chi connectivity index (χ4v) is 2.67. The summed E-state index contributed by atoms with van der Waals surface area (Å²) in [6.07, 6.45) is 1.67. The minimum atomic E-state index is 0.120. The topological polar surface area (TPSA) is 66.7 Å². The number of fused-ring (bicyclic) bond motifs is 1. The monoisotopic (exact) mass is 335 g/mol. The number of anilines is 1. The number of nitrogens with one attached hydrogen (secondary N) is 1. The van der Waals surface area contributed by atoms with E-state index in [1.54, 1.807) is 24.4 Å². The molecule has 0 aliphatic carbocycles. The fraction of sp³-hybridized carbons (Fsp3) is 0.200. The lowest BCUT2D eigenvalue weighted by Crippen LogP contribution is -1.97. The summed E-state index contributed by atoms with van der Waals surface area (Å²) in [7, 11) is 0. The van der Waals surface area contributed by atoms with Gasteiger partial charge in [0.15, 0.2) is 11.5 Å². The van der Waals surface area contributed by atoms with Crippen molar-refractivity contribution in [3.63, 3.8) is 0 Å². The molecule has 128 valence electrons. The molecule has 0 aliphatic heterocycles. The van der Waals surface area contributed by atoms with Crippen LogP contribution in [0.3, 0.4) is 0 Å². The Hall–Kier alpha value is -3.08. The normalized spacial score (nSPS) is 11.2. The number of aromatic hydroxyl groups is 1. The number of hydrogen-bond acceptors (Lipinski definition) is 5. The molecule has 0 amide bonds. The molecule has 0 saturated heterocycles. The summed E-state index contributed by atoms with van der Waals surface area (Å²) in [5, 5.41) is 15.1. The van der Waals surface area contributed by atoms with Crippen molar-refractivity contribution in [1.29, 1.82) is 0 Å². The van der Waals surface area contributed by atoms with Crippen LogP contribution in [0.4, 0.5) is 5.82 Å². The quantitative estimate of drug-likeness (QED) is 0.536. The van der Waals surface area contributed by atoms with E-state index in [0.29, 0.717) is 18.2 Å². The summed E-state index contributed by atoms with van der Waals surface area (Å²) < 4.78 is 5.37. The van der Waals surface area contributed by atoms with Gasteiger partial charge in [0, 0.05) is 5.39 Å². The summed E-state index contributed by atoms with van der Waals surface area (Å²) in [5.74, 6) is 1.26. The van der Waals surface area contributed by atoms with Gasteiger partial charge in [-0.3, -0.25) is 5.43 Å². The first-order valence-electron chi connectivity index (χ1n) is 8.20. The Morgan fingerprint density at radius 1 is 1.16 bits per heavy atom. The van der Waals surface area contributed by atoms with E-state index in [4.69, 9.17) is 4.74 Å². The molecule has 1 aromatic heterocycles. The molecule has 0 atom stereocenters. The van der Waals surface area contributed by atoms with Gasteiger partial charge >= 0.3 is 0 Å². The molecule has 25 heavy (non-hydrogen) atoms. The minimum absolute atomic E-state index is 0.120. The maximum Gasteiger partial charge on any atom is 0.161 e. The summed E-state index contributed by atoms with van der Waals surface area (Å²) in [6.45, 7) is 6.48. The van der Waals surface area contributed by atoms with Crippen molar-refractivity contribution in [3.8, 4) is 11.5 Å². The second-order valence-electron chi connectivity index (χ2n) is 5.83. The number of hydrazone groups is 1. The van der Waals surface area contributed by atoms with Crippen molar-refractivity contribution in [3.05, 3.63) is 59.2 Å². The third-order valence-corrected chi connectivity index (χ3v) is 3.92. The summed E-state index contributed by atoms with van der Waals surface area (Å²) in [4.78, 5) is 4.64. The van der Waals surface area contributed by atoms with E-state index >= 15 is 0 Å². The zero-order valence-corrected chi connectivity index (χ0v) is 14.6. The van der Waals surface area contributed by atoms with E-state index in [2.05, 4.69) is 28.5 Å². The SMILES string of the molecule is CCOc1cc(/C=N\Nc2cc(C)c3cccc(C)c3n2)ccc1O. The number of nitrogens with zero attached hydrogens (tertiary/aromatic N) is 2. The van der Waals surface area contributed by atoms with Gasteiger partial charge in [-0.25, -0.2) is 4.98 Å². The van der Waals surface area contributed by atoms with Gasteiger partial charge in [0.25, 0.3) is 0 Å². The Morgan fingerprint density at radius 3 is 2.80 bits per heavy atom. The number of aryl methyl sites for hydroxylation is 2. The molecule has 0 fully saturated rings. The van der Waals surface area contributed by atoms with Crippen LogP contribution in [0.15, 0.2) is 47.6 Å². The molecule has 0 saturated carbocycles. The van der Waals surface area contributed by atoms with Crippen molar-refractivity contribution in [2.75, 3.05) is 12.0 Å². The van der Waals surface area contributed by atoms with Crippen molar-refractivity contribution in [2.45, 2.75) is 20.8 Å². The van der Waals surface area contributed by atoms with Crippen LogP contribution in [0.25, 0.3) is 10.9 Å². The van der Waals surface area contributed by atoms with Crippen molar-refractivity contribution >= 4 is 22.9 Å². The Balaban J connectivity index is 1.82. The van der Waals surface area contributed by atoms with Crippen molar-refractivity contribution in [2.24, 2.45) is 5.10 Å². The lowest BCUT2D eigenvalue weighted by atomic mass is 10.1. The third-order valence-electron chi connectivity index (χ3n) is 3.92. The van der Waals surface area contributed by atoms with E-state index < -0.39 is 0 Å². The standard InChI is InChI=1S/C20H21N3O2/c1-4-25-18-11-15(8-9-17(18)24)12-21-23-19-10-14(3)16-7-5-6-13(2)20(16)22-19/h5-12,24H,4H2,1-3H3,(H,22,23)/b21-12-. The van der Waals surface area contributed by atoms with Crippen LogP contribution in [0, 0.1) is 13.8 Å². The van der Waals surface area contributed by atoms with E-state index in [9.17, 15) is 5.11 Å². The van der Waals surface area contributed by atoms with E-state index in [1.165, 1.54) is 0 Å². The predicted octanol–water partition coefficient (Wildman–Crippen LogP) is 4.40. The fourth-order valence-electron chi connectivity index (χ4n) is 2.67. The average Bonchev–Trinajstić information content (AvgIpc) is 2.59. The number of phenolic OH excluding ortho intramolecular Hbond substituents is 1. The Kier molecular flexibility index (Phi) is 4.84. The van der Waals surface area contributed by atoms with Gasteiger partial charge < -0.3 is 9.84 Å². The van der Waals surface area contributed by atoms with Crippen LogP contribution in [-0.4, -0.2) is 22.9 Å². The van der Waals surface area contributed by atoms with Crippen molar-refractivity contribution in [1.82, 2.24) is 4.98 Å². The summed E-state index contributed by atoms with van der Waals surface area (Å²) >= 11 is 0. The van der Waals surface area contributed by atoms with Gasteiger partial charge in [-0.1, -0.05) is 18.2 Å². The molecule has 3 rings (SSSR count). The number of pyridine rings is 1. The zero-order valence-electron chi connectivity index (χ0n) is 14.6. The van der Waals surface area contributed by atoms with Gasteiger partial charge in [0.2, 0.25) is 0 Å². The molecule has 0 aliphatic rings. The molecule has 5 nitrogen and oxygen atoms in total. The number of benzene rings is 2. The molecule has 2 aromatic carbocycles. The summed E-state index contributed by atoms with van der Waals surface area (Å²) in [5.41, 5.74) is 7.05. The largest absolute Gasteiger partial charge is 0.504 e. The number of aromatic nitrogens is 1. The lowest BCUT2D eigenvalue weighted by Gasteiger charge is -2.08. The molecule has 0 spiro atoms. The molecule has 0 bridgehead atoms. The maximum atomic E-state index is 9.73. The minimum Gasteiger partial charge on any atom is -0.504 e. The highest BCUT2D eigenvalue weighted by atomic mass is 16.5. The number of rotatable bonds is 5. The predicted molar refractivity (Wildman–Crippen MR) is 102 cm³/mol. The number of ether oxygens (including phenoxy) is 1. The van der Waals surface area contributed by atoms with E-state index in [1.807, 2.05) is 32.0 Å². The van der Waals surface area contributed by atoms with Gasteiger partial charge in [0.05, 0.1) is 18.3 Å². The second kappa shape index (κ2) is 7.21. The molecule has 0 radical (unpaired) electrons. The average molecular weight is 335 g/mol. The van der Waals surface area contributed by atoms with Gasteiger partial charge in [0.1, 0.15) is 5.82 Å². The highest BCUT2D eigenvalue weighted by molar-refractivity contribution is 5.86. The Bertz CT molecular complexity index is 936. The molecule has 3 aromatic rings. The third kappa shape index (κ3) is 3.71. The number of para-hydroxylation sites is 1. The Labute approximate surface area is 147 Å². The second-order valence-corrected chi connectivity index (χ2v) is 5.83. The molecule has 2 N–H and O–H groups in total. The number of hydrogen-bond donors (Lipinski definition) is 2. The van der Waals surface area contributed by atoms with Crippen LogP contribution < -0.4 is 10.2 Å². The van der Waals surface area contributed by atoms with Crippen LogP contribution in [0.1, 0.15) is 23.6 Å². The molecular weight excluding hydrogens is 314 g/mol.